The van der Waals surface area contributed by atoms with Crippen molar-refractivity contribution >= 4 is 33.1 Å². The minimum absolute atomic E-state index is 1.06. The van der Waals surface area contributed by atoms with Crippen LogP contribution in [0, 0.1) is 0 Å². The summed E-state index contributed by atoms with van der Waals surface area (Å²) in [5.41, 5.74) is 3.91. The highest BCUT2D eigenvalue weighted by molar-refractivity contribution is 7.07. The third-order valence-corrected chi connectivity index (χ3v) is 3.29. The highest BCUT2D eigenvalue weighted by atomic mass is 32.1. The van der Waals surface area contributed by atoms with Crippen LogP contribution in [0.2, 0.25) is 0 Å². The van der Waals surface area contributed by atoms with E-state index in [1.807, 2.05) is 41.8 Å². The van der Waals surface area contributed by atoms with Crippen molar-refractivity contribution in [1.82, 2.24) is 9.97 Å². The summed E-state index contributed by atoms with van der Waals surface area (Å²) in [5.74, 6) is 0. The number of nitrogens with zero attached hydrogens (tertiary/aromatic N) is 2. The number of hydrogen-bond acceptors (Lipinski definition) is 3. The third-order valence-electron chi connectivity index (χ3n) is 2.77. The van der Waals surface area contributed by atoms with Crippen molar-refractivity contribution in [1.29, 1.82) is 0 Å². The van der Waals surface area contributed by atoms with Gasteiger partial charge >= 0.3 is 0 Å². The number of thiazole rings is 1. The minimum atomic E-state index is 1.06. The molecule has 0 radical (unpaired) electrons. The highest BCUT2D eigenvalue weighted by Gasteiger charge is 1.96. The monoisotopic (exact) mass is 264 g/mol. The van der Waals surface area contributed by atoms with E-state index >= 15 is 0 Å². The number of pyridine rings is 1. The average Bonchev–Trinajstić information content (AvgIpc) is 3.04. The lowest BCUT2D eigenvalue weighted by atomic mass is 10.1. The van der Waals surface area contributed by atoms with E-state index in [9.17, 15) is 0 Å². The fraction of sp³-hybridized carbons (Fsp3) is 0. The molecule has 0 atom stereocenters. The van der Waals surface area contributed by atoms with Crippen LogP contribution in [0.15, 0.2) is 71.7 Å². The number of fused-ring (bicyclic) bond motifs is 2. The van der Waals surface area contributed by atoms with Crippen molar-refractivity contribution < 1.29 is 0 Å². The van der Waals surface area contributed by atoms with Gasteiger partial charge < -0.3 is 0 Å². The lowest BCUT2D eigenvalue weighted by Crippen LogP contribution is -1.80. The summed E-state index contributed by atoms with van der Waals surface area (Å²) in [7, 11) is 0. The van der Waals surface area contributed by atoms with Crippen LogP contribution in [-0.2, 0) is 0 Å². The van der Waals surface area contributed by atoms with Gasteiger partial charge in [-0.1, -0.05) is 36.4 Å². The normalized spacial score (nSPS) is 10.1. The van der Waals surface area contributed by atoms with E-state index in [2.05, 4.69) is 28.2 Å². The lowest BCUT2D eigenvalue weighted by molar-refractivity contribution is 1.43. The maximum atomic E-state index is 4.58. The van der Waals surface area contributed by atoms with Gasteiger partial charge in [-0.15, -0.1) is 11.3 Å². The van der Waals surface area contributed by atoms with Gasteiger partial charge in [0.05, 0.1) is 16.5 Å². The molecule has 0 N–H and O–H groups in total. The van der Waals surface area contributed by atoms with Gasteiger partial charge in [-0.05, 0) is 18.2 Å². The number of aromatic nitrogens is 2. The molecule has 92 valence electrons. The molecule has 0 unspecified atom stereocenters. The van der Waals surface area contributed by atoms with E-state index in [4.69, 9.17) is 0 Å². The molecule has 0 saturated carbocycles. The molecule has 4 aromatic rings. The van der Waals surface area contributed by atoms with E-state index in [0.29, 0.717) is 0 Å². The second-order valence-electron chi connectivity index (χ2n) is 4.05. The molecule has 0 amide bonds. The lowest BCUT2D eigenvalue weighted by Gasteiger charge is -1.99. The molecule has 0 saturated heterocycles. The SMILES string of the molecule is c1ccc2nc3ccccc3cc2c1.c1cscn1. The predicted octanol–water partition coefficient (Wildman–Crippen LogP) is 4.53. The van der Waals surface area contributed by atoms with Gasteiger partial charge in [0.25, 0.3) is 0 Å². The van der Waals surface area contributed by atoms with Crippen LogP contribution in [0.3, 0.4) is 0 Å². The van der Waals surface area contributed by atoms with Crippen molar-refractivity contribution in [2.24, 2.45) is 0 Å². The van der Waals surface area contributed by atoms with E-state index in [1.54, 1.807) is 23.0 Å². The minimum Gasteiger partial charge on any atom is -0.253 e. The molecule has 0 aliphatic heterocycles. The van der Waals surface area contributed by atoms with Crippen molar-refractivity contribution in [3.8, 4) is 0 Å². The van der Waals surface area contributed by atoms with Crippen LogP contribution in [0.25, 0.3) is 21.8 Å². The number of rotatable bonds is 0. The fourth-order valence-corrected chi connectivity index (χ4v) is 2.25. The Morgan fingerprint density at radius 3 is 1.89 bits per heavy atom. The summed E-state index contributed by atoms with van der Waals surface area (Å²) in [5, 5.41) is 4.33. The molecule has 0 aliphatic carbocycles. The summed E-state index contributed by atoms with van der Waals surface area (Å²) in [6.07, 6.45) is 1.77. The first kappa shape index (κ1) is 11.8. The molecule has 0 aliphatic rings. The molecule has 0 bridgehead atoms. The van der Waals surface area contributed by atoms with Gasteiger partial charge in [-0.3, -0.25) is 4.98 Å². The summed E-state index contributed by atoms with van der Waals surface area (Å²) in [6, 6.07) is 18.6. The van der Waals surface area contributed by atoms with Crippen LogP contribution in [0.5, 0.6) is 0 Å². The molecular weight excluding hydrogens is 252 g/mol. The maximum absolute atomic E-state index is 4.58. The molecule has 2 aromatic heterocycles. The molecule has 2 nitrogen and oxygen atoms in total. The van der Waals surface area contributed by atoms with Crippen molar-refractivity contribution in [3.05, 3.63) is 71.7 Å². The summed E-state index contributed by atoms with van der Waals surface area (Å²) < 4.78 is 0. The molecule has 0 fully saturated rings. The summed E-state index contributed by atoms with van der Waals surface area (Å²) in [4.78, 5) is 8.32. The molecule has 4 rings (SSSR count). The highest BCUT2D eigenvalue weighted by Crippen LogP contribution is 2.18. The molecule has 19 heavy (non-hydrogen) atoms. The van der Waals surface area contributed by atoms with E-state index in [0.717, 1.165) is 11.0 Å². The fourth-order valence-electron chi connectivity index (χ4n) is 1.90. The first-order chi connectivity index (χ1) is 9.43. The average molecular weight is 264 g/mol. The van der Waals surface area contributed by atoms with Crippen LogP contribution in [-0.4, -0.2) is 9.97 Å². The van der Waals surface area contributed by atoms with Crippen LogP contribution < -0.4 is 0 Å². The predicted molar refractivity (Wildman–Crippen MR) is 81.4 cm³/mol. The molecule has 0 spiro atoms. The topological polar surface area (TPSA) is 25.8 Å². The quantitative estimate of drug-likeness (QED) is 0.436. The van der Waals surface area contributed by atoms with Crippen molar-refractivity contribution in [2.75, 3.05) is 0 Å². The zero-order valence-corrected chi connectivity index (χ0v) is 11.0. The van der Waals surface area contributed by atoms with E-state index in [-0.39, 0.29) is 0 Å². The standard InChI is InChI=1S/C13H9N.C3H3NS/c1-3-7-12-10(5-1)9-11-6-2-4-8-13(11)14-12;1-2-5-3-4-1/h1-9H;1-3H. The van der Waals surface area contributed by atoms with Gasteiger partial charge in [0, 0.05) is 22.3 Å². The Hall–Kier alpha value is -2.26. The number of hydrogen-bond donors (Lipinski definition) is 0. The number of benzene rings is 2. The van der Waals surface area contributed by atoms with Gasteiger partial charge in [0.15, 0.2) is 0 Å². The summed E-state index contributed by atoms with van der Waals surface area (Å²) in [6.45, 7) is 0. The second-order valence-corrected chi connectivity index (χ2v) is 4.80. The Bertz CT molecular complexity index is 657. The first-order valence-corrected chi connectivity index (χ1v) is 6.94. The molecule has 2 heterocycles. The van der Waals surface area contributed by atoms with E-state index in [1.165, 1.54) is 10.8 Å². The van der Waals surface area contributed by atoms with Gasteiger partial charge in [0.2, 0.25) is 0 Å². The smallest absolute Gasteiger partial charge is 0.0791 e. The first-order valence-electron chi connectivity index (χ1n) is 6.00. The van der Waals surface area contributed by atoms with Crippen LogP contribution in [0.4, 0.5) is 0 Å². The van der Waals surface area contributed by atoms with Gasteiger partial charge in [0.1, 0.15) is 0 Å². The largest absolute Gasteiger partial charge is 0.253 e. The second kappa shape index (κ2) is 5.59. The number of para-hydroxylation sites is 2. The Kier molecular flexibility index (Phi) is 3.47. The molecule has 2 aromatic carbocycles. The molecule has 3 heteroatoms. The zero-order valence-electron chi connectivity index (χ0n) is 10.2. The van der Waals surface area contributed by atoms with Crippen LogP contribution >= 0.6 is 11.3 Å². The Morgan fingerprint density at radius 1 is 0.789 bits per heavy atom. The Morgan fingerprint density at radius 2 is 1.42 bits per heavy atom. The zero-order chi connectivity index (χ0) is 12.9. The van der Waals surface area contributed by atoms with Crippen molar-refractivity contribution in [2.45, 2.75) is 0 Å². The van der Waals surface area contributed by atoms with Gasteiger partial charge in [-0.25, -0.2) is 4.98 Å². The third kappa shape index (κ3) is 2.77. The summed E-state index contributed by atoms with van der Waals surface area (Å²) >= 11 is 1.60. The van der Waals surface area contributed by atoms with Gasteiger partial charge in [-0.2, -0.15) is 0 Å². The Balaban J connectivity index is 0.000000187. The Labute approximate surface area is 115 Å². The molecular formula is C16H12N2S. The van der Waals surface area contributed by atoms with E-state index < -0.39 is 0 Å². The van der Waals surface area contributed by atoms with Crippen molar-refractivity contribution in [3.63, 3.8) is 0 Å². The maximum Gasteiger partial charge on any atom is 0.0791 e. The van der Waals surface area contributed by atoms with Crippen LogP contribution in [0.1, 0.15) is 0 Å².